The summed E-state index contributed by atoms with van der Waals surface area (Å²) in [6, 6.07) is 1.97. The van der Waals surface area contributed by atoms with Crippen LogP contribution in [0.3, 0.4) is 0 Å². The molecule has 190 valence electrons. The van der Waals surface area contributed by atoms with Gasteiger partial charge in [-0.25, -0.2) is 41.7 Å². The molecular weight excluding hydrogens is 489 g/mol. The van der Waals surface area contributed by atoms with Crippen LogP contribution in [0.4, 0.5) is 32.7 Å². The monoisotopic (exact) mass is 509 g/mol. The summed E-state index contributed by atoms with van der Waals surface area (Å²) in [5.74, 6) is -6.42. The highest BCUT2D eigenvalue weighted by Crippen LogP contribution is 2.31. The molecule has 14 heteroatoms. The lowest BCUT2D eigenvalue weighted by molar-refractivity contribution is -0.113. The largest absolute Gasteiger partial charge is 0.341 e. The summed E-state index contributed by atoms with van der Waals surface area (Å²) in [5.41, 5.74) is -0.306. The van der Waals surface area contributed by atoms with E-state index < -0.39 is 60.1 Å². The van der Waals surface area contributed by atoms with Crippen molar-refractivity contribution < 1.29 is 31.5 Å². The van der Waals surface area contributed by atoms with Crippen molar-refractivity contribution in [3.05, 3.63) is 53.1 Å². The van der Waals surface area contributed by atoms with Gasteiger partial charge in [0.15, 0.2) is 11.5 Å². The lowest BCUT2D eigenvalue weighted by Crippen LogP contribution is -2.58. The third-order valence-electron chi connectivity index (χ3n) is 6.19. The first-order valence-corrected chi connectivity index (χ1v) is 11.1. The molecule has 9 nitrogen and oxygen atoms in total. The molecule has 0 N–H and O–H groups in total. The number of benzene rings is 1. The molecule has 2 fully saturated rings. The molecule has 0 bridgehead atoms. The van der Waals surface area contributed by atoms with Crippen LogP contribution >= 0.6 is 0 Å². The molecule has 5 rings (SSSR count). The number of hydrogen-bond donors (Lipinski definition) is 0. The summed E-state index contributed by atoms with van der Waals surface area (Å²) in [4.78, 5) is 37.3. The smallest absolute Gasteiger partial charge is 0.337 e. The van der Waals surface area contributed by atoms with Crippen molar-refractivity contribution in [2.24, 2.45) is 5.10 Å². The second kappa shape index (κ2) is 8.99. The molecule has 1 unspecified atom stereocenters. The molecule has 0 spiro atoms. The summed E-state index contributed by atoms with van der Waals surface area (Å²) in [6.07, 6.45) is 2.62. The molecule has 3 aliphatic heterocycles. The highest BCUT2D eigenvalue weighted by atomic mass is 19.3. The number of anilines is 1. The van der Waals surface area contributed by atoms with E-state index in [-0.39, 0.29) is 37.7 Å². The predicted molar refractivity (Wildman–Crippen MR) is 116 cm³/mol. The van der Waals surface area contributed by atoms with Gasteiger partial charge >= 0.3 is 6.03 Å². The van der Waals surface area contributed by atoms with E-state index in [1.807, 2.05) is 0 Å². The second-order valence-electron chi connectivity index (χ2n) is 8.74. The number of alkyl halides is 2. The number of aromatic nitrogens is 2. The normalized spacial score (nSPS) is 21.1. The predicted octanol–water partition coefficient (Wildman–Crippen LogP) is 2.66. The molecule has 3 amide bonds. The fraction of sp³-hybridized carbons (Fsp3) is 0.409. The second-order valence-corrected chi connectivity index (χ2v) is 8.74. The quantitative estimate of drug-likeness (QED) is 0.595. The van der Waals surface area contributed by atoms with Crippen LogP contribution in [0.5, 0.6) is 0 Å². The Bertz CT molecular complexity index is 1210. The standard InChI is InChI=1S/C22H20F5N7O2/c23-14-7-13(8-15(24)9-14)17-1-2-29-34(17)21(36)32-5-3-31(4-6-32)20-28-10-16(25)18(30-20)19(35)33-11-22(26,27)12-33/h2,7-10,17H,1,3-6,11-12H2. The Morgan fingerprint density at radius 3 is 2.25 bits per heavy atom. The van der Waals surface area contributed by atoms with E-state index in [0.717, 1.165) is 29.3 Å². The van der Waals surface area contributed by atoms with Crippen molar-refractivity contribution in [3.8, 4) is 0 Å². The van der Waals surface area contributed by atoms with Gasteiger partial charge in [0.1, 0.15) is 11.6 Å². The number of carbonyl (C=O) groups excluding carboxylic acids is 2. The van der Waals surface area contributed by atoms with E-state index in [4.69, 9.17) is 0 Å². The van der Waals surface area contributed by atoms with Crippen LogP contribution in [0, 0.1) is 17.5 Å². The minimum atomic E-state index is -2.99. The lowest BCUT2D eigenvalue weighted by Gasteiger charge is -2.38. The number of amides is 3. The Kier molecular flexibility index (Phi) is 5.96. The van der Waals surface area contributed by atoms with Gasteiger partial charge in [-0.15, -0.1) is 0 Å². The zero-order chi connectivity index (χ0) is 25.6. The van der Waals surface area contributed by atoms with E-state index in [2.05, 4.69) is 15.1 Å². The molecule has 0 saturated carbocycles. The first-order valence-electron chi connectivity index (χ1n) is 11.1. The number of rotatable bonds is 3. The summed E-state index contributed by atoms with van der Waals surface area (Å²) in [7, 11) is 0. The van der Waals surface area contributed by atoms with Crippen LogP contribution in [0.2, 0.25) is 0 Å². The maximum atomic E-state index is 14.2. The molecule has 0 radical (unpaired) electrons. The van der Waals surface area contributed by atoms with Gasteiger partial charge in [-0.1, -0.05) is 0 Å². The Morgan fingerprint density at radius 2 is 1.61 bits per heavy atom. The van der Waals surface area contributed by atoms with Crippen LogP contribution < -0.4 is 4.90 Å². The SMILES string of the molecule is O=C(c1nc(N2CCN(C(=O)N3N=CCC3c3cc(F)cc(F)c3)CC2)ncc1F)N1CC(F)(F)C1. The van der Waals surface area contributed by atoms with Crippen molar-refractivity contribution in [1.29, 1.82) is 0 Å². The fourth-order valence-electron chi connectivity index (χ4n) is 4.35. The highest BCUT2D eigenvalue weighted by molar-refractivity contribution is 5.93. The zero-order valence-corrected chi connectivity index (χ0v) is 18.8. The number of urea groups is 1. The molecule has 36 heavy (non-hydrogen) atoms. The summed E-state index contributed by atoms with van der Waals surface area (Å²) in [5, 5.41) is 5.26. The van der Waals surface area contributed by atoms with E-state index in [1.54, 1.807) is 4.90 Å². The number of carbonyl (C=O) groups is 2. The maximum absolute atomic E-state index is 14.2. The van der Waals surface area contributed by atoms with Gasteiger partial charge in [-0.05, 0) is 17.7 Å². The van der Waals surface area contributed by atoms with E-state index in [9.17, 15) is 31.5 Å². The van der Waals surface area contributed by atoms with Crippen LogP contribution in [0.1, 0.15) is 28.5 Å². The fourth-order valence-corrected chi connectivity index (χ4v) is 4.35. The first-order chi connectivity index (χ1) is 17.1. The average molecular weight is 509 g/mol. The lowest BCUT2D eigenvalue weighted by atomic mass is 10.0. The third kappa shape index (κ3) is 4.54. The highest BCUT2D eigenvalue weighted by Gasteiger charge is 2.47. The van der Waals surface area contributed by atoms with Crippen LogP contribution in [0.15, 0.2) is 29.5 Å². The third-order valence-corrected chi connectivity index (χ3v) is 6.19. The Labute approximate surface area is 201 Å². The number of hydrogen-bond acceptors (Lipinski definition) is 6. The minimum Gasteiger partial charge on any atom is -0.337 e. The minimum absolute atomic E-state index is 0.0337. The van der Waals surface area contributed by atoms with E-state index >= 15 is 0 Å². The molecule has 2 aromatic rings. The number of halogens is 5. The van der Waals surface area contributed by atoms with Crippen LogP contribution in [0.25, 0.3) is 0 Å². The van der Waals surface area contributed by atoms with Gasteiger partial charge in [0.2, 0.25) is 5.95 Å². The molecule has 1 aromatic heterocycles. The van der Waals surface area contributed by atoms with Gasteiger partial charge in [0, 0.05) is 44.9 Å². The van der Waals surface area contributed by atoms with Crippen molar-refractivity contribution in [2.75, 3.05) is 44.2 Å². The molecule has 1 aromatic carbocycles. The van der Waals surface area contributed by atoms with Crippen molar-refractivity contribution in [3.63, 3.8) is 0 Å². The summed E-state index contributed by atoms with van der Waals surface area (Å²) in [6.45, 7) is -0.705. The topological polar surface area (TPSA) is 85.2 Å². The molecule has 2 saturated heterocycles. The van der Waals surface area contributed by atoms with Gasteiger partial charge in [-0.3, -0.25) is 4.79 Å². The number of nitrogens with zero attached hydrogens (tertiary/aromatic N) is 7. The first kappa shape index (κ1) is 23.9. The Hall–Kier alpha value is -3.84. The number of piperazine rings is 1. The van der Waals surface area contributed by atoms with Crippen molar-refractivity contribution in [2.45, 2.75) is 18.4 Å². The van der Waals surface area contributed by atoms with Gasteiger partial charge in [0.05, 0.1) is 25.3 Å². The summed E-state index contributed by atoms with van der Waals surface area (Å²) < 4.78 is 67.7. The molecule has 0 aliphatic carbocycles. The molecular formula is C22H20F5N7O2. The van der Waals surface area contributed by atoms with Gasteiger partial charge in [0.25, 0.3) is 11.8 Å². The van der Waals surface area contributed by atoms with E-state index in [1.165, 1.54) is 16.1 Å². The number of likely N-dealkylation sites (tertiary alicyclic amines) is 1. The maximum Gasteiger partial charge on any atom is 0.341 e. The van der Waals surface area contributed by atoms with E-state index in [0.29, 0.717) is 6.42 Å². The van der Waals surface area contributed by atoms with Crippen LogP contribution in [-0.2, 0) is 0 Å². The number of hydrazone groups is 1. The summed E-state index contributed by atoms with van der Waals surface area (Å²) >= 11 is 0. The zero-order valence-electron chi connectivity index (χ0n) is 18.8. The molecule has 1 atom stereocenters. The van der Waals surface area contributed by atoms with Gasteiger partial charge < -0.3 is 14.7 Å². The van der Waals surface area contributed by atoms with Crippen LogP contribution in [-0.4, -0.2) is 88.1 Å². The molecule has 3 aliphatic rings. The average Bonchev–Trinajstić information content (AvgIpc) is 3.31. The van der Waals surface area contributed by atoms with Crippen molar-refractivity contribution in [1.82, 2.24) is 24.8 Å². The molecule has 4 heterocycles. The van der Waals surface area contributed by atoms with Gasteiger partial charge in [-0.2, -0.15) is 5.10 Å². The Morgan fingerprint density at radius 1 is 0.944 bits per heavy atom. The van der Waals surface area contributed by atoms with Crippen molar-refractivity contribution >= 4 is 24.1 Å². The Balaban J connectivity index is 1.24.